The highest BCUT2D eigenvalue weighted by molar-refractivity contribution is 5.78. The van der Waals surface area contributed by atoms with Gasteiger partial charge in [-0.15, -0.1) is 0 Å². The molecule has 2 fully saturated rings. The molecule has 2 saturated heterocycles. The minimum absolute atomic E-state index is 0.0345. The molecule has 4 heteroatoms. The van der Waals surface area contributed by atoms with Gasteiger partial charge in [0, 0.05) is 5.92 Å². The molecule has 4 atom stereocenters. The van der Waals surface area contributed by atoms with Gasteiger partial charge in [0.2, 0.25) is 0 Å². The number of aliphatic hydroxyl groups excluding tert-OH is 1. The molecule has 132 valence electrons. The predicted octanol–water partition coefficient (Wildman–Crippen LogP) is 3.32. The summed E-state index contributed by atoms with van der Waals surface area (Å²) < 4.78 is 11.1. The minimum Gasteiger partial charge on any atom is -0.461 e. The first-order valence-electron chi connectivity index (χ1n) is 8.84. The van der Waals surface area contributed by atoms with Gasteiger partial charge < -0.3 is 14.6 Å². The van der Waals surface area contributed by atoms with Crippen molar-refractivity contribution in [2.45, 2.75) is 64.3 Å². The summed E-state index contributed by atoms with van der Waals surface area (Å²) in [6.45, 7) is 10.7. The molecular weight excluding hydrogens is 304 g/mol. The lowest BCUT2D eigenvalue weighted by molar-refractivity contribution is -0.151. The van der Waals surface area contributed by atoms with Gasteiger partial charge in [-0.3, -0.25) is 4.79 Å². The van der Waals surface area contributed by atoms with Gasteiger partial charge in [-0.1, -0.05) is 29.9 Å². The van der Waals surface area contributed by atoms with Crippen molar-refractivity contribution < 1.29 is 19.4 Å². The van der Waals surface area contributed by atoms with Crippen LogP contribution in [0.2, 0.25) is 0 Å². The van der Waals surface area contributed by atoms with Gasteiger partial charge in [0.25, 0.3) is 0 Å². The van der Waals surface area contributed by atoms with Gasteiger partial charge in [-0.05, 0) is 52.0 Å². The molecular formula is C20H28O4. The van der Waals surface area contributed by atoms with Gasteiger partial charge in [0.05, 0.1) is 23.7 Å². The predicted molar refractivity (Wildman–Crippen MR) is 92.3 cm³/mol. The normalized spacial score (nSPS) is 39.8. The number of allylic oxidation sites excluding steroid dienone is 1. The number of carbonyl (C=O) groups excluding carboxylic acids is 1. The SMILES string of the molecule is C=C1C[C@@H](O)/C=C(\C)CCC2/C(=C\CC3OC3(C)C)COC(=O)[C@@H]12. The molecule has 4 nitrogen and oxygen atoms in total. The van der Waals surface area contributed by atoms with Crippen molar-refractivity contribution >= 4 is 5.97 Å². The highest BCUT2D eigenvalue weighted by Crippen LogP contribution is 2.41. The molecule has 0 spiro atoms. The van der Waals surface area contributed by atoms with Crippen LogP contribution in [0, 0.1) is 11.8 Å². The minimum atomic E-state index is -0.570. The third kappa shape index (κ3) is 3.65. The van der Waals surface area contributed by atoms with Crippen LogP contribution in [0.1, 0.15) is 46.5 Å². The van der Waals surface area contributed by atoms with Gasteiger partial charge in [-0.2, -0.15) is 0 Å². The summed E-state index contributed by atoms with van der Waals surface area (Å²) in [6, 6.07) is 0. The lowest BCUT2D eigenvalue weighted by atomic mass is 9.76. The second-order valence-electron chi connectivity index (χ2n) is 7.90. The van der Waals surface area contributed by atoms with Gasteiger partial charge >= 0.3 is 5.97 Å². The van der Waals surface area contributed by atoms with Crippen LogP contribution >= 0.6 is 0 Å². The van der Waals surface area contributed by atoms with Crippen molar-refractivity contribution in [3.63, 3.8) is 0 Å². The number of esters is 1. The smallest absolute Gasteiger partial charge is 0.314 e. The van der Waals surface area contributed by atoms with E-state index in [2.05, 4.69) is 26.5 Å². The van der Waals surface area contributed by atoms with E-state index in [0.29, 0.717) is 13.0 Å². The fraction of sp³-hybridized carbons (Fsp3) is 0.650. The molecule has 24 heavy (non-hydrogen) atoms. The van der Waals surface area contributed by atoms with Crippen LogP contribution in [0.15, 0.2) is 35.5 Å². The highest BCUT2D eigenvalue weighted by Gasteiger charge is 2.47. The van der Waals surface area contributed by atoms with Crippen LogP contribution in [0.25, 0.3) is 0 Å². The number of ether oxygens (including phenoxy) is 2. The molecule has 2 aliphatic heterocycles. The Balaban J connectivity index is 1.82. The van der Waals surface area contributed by atoms with Crippen molar-refractivity contribution in [1.29, 1.82) is 0 Å². The first-order chi connectivity index (χ1) is 11.3. The largest absolute Gasteiger partial charge is 0.461 e. The summed E-state index contributed by atoms with van der Waals surface area (Å²) in [5.74, 6) is -0.418. The average molecular weight is 332 g/mol. The first-order valence-corrected chi connectivity index (χ1v) is 8.84. The Morgan fingerprint density at radius 1 is 1.46 bits per heavy atom. The first kappa shape index (κ1) is 17.4. The van der Waals surface area contributed by atoms with E-state index in [1.807, 2.05) is 13.0 Å². The number of hydrogen-bond acceptors (Lipinski definition) is 4. The zero-order valence-corrected chi connectivity index (χ0v) is 14.9. The molecule has 2 heterocycles. The van der Waals surface area contributed by atoms with Crippen molar-refractivity contribution in [3.8, 4) is 0 Å². The Labute approximate surface area is 144 Å². The van der Waals surface area contributed by atoms with Gasteiger partial charge in [0.15, 0.2) is 0 Å². The van der Waals surface area contributed by atoms with Crippen LogP contribution in [0.3, 0.4) is 0 Å². The molecule has 0 radical (unpaired) electrons. The number of aliphatic hydroxyl groups is 1. The fourth-order valence-electron chi connectivity index (χ4n) is 3.92. The van der Waals surface area contributed by atoms with Crippen molar-refractivity contribution in [3.05, 3.63) is 35.5 Å². The van der Waals surface area contributed by atoms with Crippen LogP contribution in [-0.4, -0.2) is 35.5 Å². The Morgan fingerprint density at radius 2 is 2.17 bits per heavy atom. The Kier molecular flexibility index (Phi) is 4.71. The monoisotopic (exact) mass is 332 g/mol. The number of cyclic esters (lactones) is 1. The lowest BCUT2D eigenvalue weighted by Gasteiger charge is -2.34. The molecule has 0 bridgehead atoms. The third-order valence-electron chi connectivity index (χ3n) is 5.51. The Morgan fingerprint density at radius 3 is 2.83 bits per heavy atom. The maximum absolute atomic E-state index is 12.4. The highest BCUT2D eigenvalue weighted by atomic mass is 16.6. The van der Waals surface area contributed by atoms with E-state index in [4.69, 9.17) is 9.47 Å². The van der Waals surface area contributed by atoms with Crippen molar-refractivity contribution in [2.75, 3.05) is 6.61 Å². The van der Waals surface area contributed by atoms with Crippen LogP contribution in [-0.2, 0) is 14.3 Å². The Hall–Kier alpha value is -1.39. The molecule has 0 aromatic carbocycles. The lowest BCUT2D eigenvalue weighted by Crippen LogP contribution is -2.36. The number of epoxide rings is 1. The standard InChI is InChI=1S/C20H28O4/c1-12-5-7-16-14(6-8-17-20(3,4)24-17)11-23-19(22)18(16)13(2)10-15(21)9-12/h6,9,15-18,21H,2,5,7-8,10-11H2,1,3-4H3/b12-9+,14-6-/t15-,16?,17?,18-/m0/s1. The molecule has 3 rings (SSSR count). The van der Waals surface area contributed by atoms with Crippen molar-refractivity contribution in [2.24, 2.45) is 11.8 Å². The molecule has 0 aromatic rings. The molecule has 1 aliphatic carbocycles. The molecule has 2 unspecified atom stereocenters. The van der Waals surface area contributed by atoms with E-state index >= 15 is 0 Å². The molecule has 0 aromatic heterocycles. The summed E-state index contributed by atoms with van der Waals surface area (Å²) in [5.41, 5.74) is 3.09. The quantitative estimate of drug-likeness (QED) is 0.479. The second kappa shape index (κ2) is 6.49. The number of rotatable bonds is 2. The topological polar surface area (TPSA) is 59.1 Å². The summed E-state index contributed by atoms with van der Waals surface area (Å²) in [7, 11) is 0. The summed E-state index contributed by atoms with van der Waals surface area (Å²) >= 11 is 0. The third-order valence-corrected chi connectivity index (χ3v) is 5.51. The number of carbonyl (C=O) groups is 1. The van der Waals surface area contributed by atoms with E-state index in [-0.39, 0.29) is 29.5 Å². The molecule has 0 saturated carbocycles. The Bertz CT molecular complexity index is 599. The van der Waals surface area contributed by atoms with Crippen molar-refractivity contribution in [1.82, 2.24) is 0 Å². The summed E-state index contributed by atoms with van der Waals surface area (Å²) in [4.78, 5) is 12.4. The number of fused-ring (bicyclic) bond motifs is 1. The zero-order chi connectivity index (χ0) is 17.5. The molecule has 1 N–H and O–H groups in total. The van der Waals surface area contributed by atoms with Gasteiger partial charge in [-0.25, -0.2) is 0 Å². The van der Waals surface area contributed by atoms with E-state index in [1.54, 1.807) is 0 Å². The van der Waals surface area contributed by atoms with Crippen LogP contribution < -0.4 is 0 Å². The zero-order valence-electron chi connectivity index (χ0n) is 14.9. The average Bonchev–Trinajstić information content (AvgIpc) is 3.08. The van der Waals surface area contributed by atoms with E-state index in [0.717, 1.165) is 24.8 Å². The van der Waals surface area contributed by atoms with E-state index in [1.165, 1.54) is 11.1 Å². The summed E-state index contributed by atoms with van der Waals surface area (Å²) in [5, 5.41) is 10.1. The summed E-state index contributed by atoms with van der Waals surface area (Å²) in [6.07, 6.45) is 6.80. The molecule has 0 amide bonds. The van der Waals surface area contributed by atoms with E-state index < -0.39 is 6.10 Å². The van der Waals surface area contributed by atoms with Crippen LogP contribution in [0.5, 0.6) is 0 Å². The number of hydrogen-bond donors (Lipinski definition) is 1. The van der Waals surface area contributed by atoms with Crippen LogP contribution in [0.4, 0.5) is 0 Å². The molecule has 3 aliphatic rings. The second-order valence-corrected chi connectivity index (χ2v) is 7.90. The fourth-order valence-corrected chi connectivity index (χ4v) is 3.92. The van der Waals surface area contributed by atoms with E-state index in [9.17, 15) is 9.90 Å². The maximum atomic E-state index is 12.4. The maximum Gasteiger partial charge on any atom is 0.314 e. The van der Waals surface area contributed by atoms with Gasteiger partial charge in [0.1, 0.15) is 6.61 Å².